The minimum atomic E-state index is -1.22. The van der Waals surface area contributed by atoms with Gasteiger partial charge in [0, 0.05) is 12.2 Å². The molecule has 1 unspecified atom stereocenters. The van der Waals surface area contributed by atoms with Crippen molar-refractivity contribution >= 4 is 11.6 Å². The van der Waals surface area contributed by atoms with E-state index in [1.807, 2.05) is 0 Å². The summed E-state index contributed by atoms with van der Waals surface area (Å²) < 4.78 is 5.01. The van der Waals surface area contributed by atoms with Crippen molar-refractivity contribution in [2.24, 2.45) is 0 Å². The lowest BCUT2D eigenvalue weighted by Gasteiger charge is -2.20. The van der Waals surface area contributed by atoms with Gasteiger partial charge >= 0.3 is 0 Å². The van der Waals surface area contributed by atoms with Crippen molar-refractivity contribution < 1.29 is 19.7 Å². The third-order valence-electron chi connectivity index (χ3n) is 2.51. The fourth-order valence-electron chi connectivity index (χ4n) is 1.38. The third-order valence-corrected chi connectivity index (χ3v) is 2.51. The zero-order valence-electron chi connectivity index (χ0n) is 11.1. The van der Waals surface area contributed by atoms with Gasteiger partial charge in [-0.3, -0.25) is 4.79 Å². The largest absolute Gasteiger partial charge is 0.497 e. The maximum atomic E-state index is 11.6. The predicted octanol–water partition coefficient (Wildman–Crippen LogP) is -0.0334. The van der Waals surface area contributed by atoms with Gasteiger partial charge in [0.15, 0.2) is 0 Å². The number of carbonyl (C=O) groups is 1. The summed E-state index contributed by atoms with van der Waals surface area (Å²) in [5, 5.41) is 23.8. The predicted molar refractivity (Wildman–Crippen MR) is 72.2 cm³/mol. The maximum Gasteiger partial charge on any atom is 0.238 e. The molecular weight excluding hydrogens is 248 g/mol. The molecule has 0 saturated carbocycles. The van der Waals surface area contributed by atoms with Crippen molar-refractivity contribution in [1.82, 2.24) is 5.32 Å². The highest BCUT2D eigenvalue weighted by Crippen LogP contribution is 2.14. The molecule has 1 aromatic rings. The maximum absolute atomic E-state index is 11.6. The molecule has 0 bridgehead atoms. The minimum absolute atomic E-state index is 0.0577. The quantitative estimate of drug-likeness (QED) is 0.557. The number of ether oxygens (including phenoxy) is 1. The molecule has 1 atom stereocenters. The first-order valence-electron chi connectivity index (χ1n) is 5.95. The van der Waals surface area contributed by atoms with Crippen LogP contribution in [-0.4, -0.2) is 48.5 Å². The molecule has 1 aromatic carbocycles. The number of nitrogens with one attached hydrogen (secondary N) is 2. The normalized spacial score (nSPS) is 13.7. The van der Waals surface area contributed by atoms with E-state index in [1.165, 1.54) is 6.92 Å². The molecule has 0 fully saturated rings. The van der Waals surface area contributed by atoms with Crippen molar-refractivity contribution in [2.45, 2.75) is 12.5 Å². The van der Waals surface area contributed by atoms with Crippen molar-refractivity contribution in [2.75, 3.05) is 32.1 Å². The molecule has 4 N–H and O–H groups in total. The minimum Gasteiger partial charge on any atom is -0.497 e. The second kappa shape index (κ2) is 7.08. The smallest absolute Gasteiger partial charge is 0.238 e. The molecule has 6 nitrogen and oxygen atoms in total. The van der Waals surface area contributed by atoms with Crippen molar-refractivity contribution in [3.05, 3.63) is 24.3 Å². The Balaban J connectivity index is 2.34. The van der Waals surface area contributed by atoms with Crippen LogP contribution in [0.1, 0.15) is 6.92 Å². The first-order valence-corrected chi connectivity index (χ1v) is 5.95. The SMILES string of the molecule is COc1ccc(NC(=O)CNCC(C)(O)CO)cc1. The Labute approximate surface area is 112 Å². The number of anilines is 1. The van der Waals surface area contributed by atoms with Gasteiger partial charge in [-0.1, -0.05) is 0 Å². The lowest BCUT2D eigenvalue weighted by molar-refractivity contribution is -0.115. The lowest BCUT2D eigenvalue weighted by atomic mass is 10.1. The summed E-state index contributed by atoms with van der Waals surface area (Å²) in [5.41, 5.74) is -0.554. The highest BCUT2D eigenvalue weighted by atomic mass is 16.5. The van der Waals surface area contributed by atoms with Crippen LogP contribution in [0.25, 0.3) is 0 Å². The van der Waals surface area contributed by atoms with Gasteiger partial charge in [0.25, 0.3) is 0 Å². The molecule has 0 aliphatic heterocycles. The van der Waals surface area contributed by atoms with Crippen LogP contribution in [0.15, 0.2) is 24.3 Å². The Morgan fingerprint density at radius 2 is 2.00 bits per heavy atom. The number of aliphatic hydroxyl groups is 2. The number of carbonyl (C=O) groups excluding carboxylic acids is 1. The molecule has 0 aromatic heterocycles. The number of hydrogen-bond donors (Lipinski definition) is 4. The molecule has 19 heavy (non-hydrogen) atoms. The van der Waals surface area contributed by atoms with Crippen LogP contribution in [0.3, 0.4) is 0 Å². The van der Waals surface area contributed by atoms with Gasteiger partial charge in [0.05, 0.1) is 25.9 Å². The summed E-state index contributed by atoms with van der Waals surface area (Å²) in [6.07, 6.45) is 0. The van der Waals surface area contributed by atoms with Crippen LogP contribution in [0.5, 0.6) is 5.75 Å². The zero-order chi connectivity index (χ0) is 14.3. The first kappa shape index (κ1) is 15.4. The summed E-state index contributed by atoms with van der Waals surface area (Å²) >= 11 is 0. The van der Waals surface area contributed by atoms with Gasteiger partial charge in [0.1, 0.15) is 5.75 Å². The summed E-state index contributed by atoms with van der Waals surface area (Å²) in [6, 6.07) is 6.97. The summed E-state index contributed by atoms with van der Waals surface area (Å²) in [7, 11) is 1.57. The average Bonchev–Trinajstić information content (AvgIpc) is 2.39. The van der Waals surface area contributed by atoms with E-state index in [9.17, 15) is 9.90 Å². The van der Waals surface area contributed by atoms with Gasteiger partial charge in [0.2, 0.25) is 5.91 Å². The van der Waals surface area contributed by atoms with E-state index >= 15 is 0 Å². The molecule has 6 heteroatoms. The van der Waals surface area contributed by atoms with Crippen molar-refractivity contribution in [3.63, 3.8) is 0 Å². The fraction of sp³-hybridized carbons (Fsp3) is 0.462. The van der Waals surface area contributed by atoms with Crippen molar-refractivity contribution in [1.29, 1.82) is 0 Å². The lowest BCUT2D eigenvalue weighted by Crippen LogP contribution is -2.43. The molecule has 0 saturated heterocycles. The fourth-order valence-corrected chi connectivity index (χ4v) is 1.38. The summed E-state index contributed by atoms with van der Waals surface area (Å²) in [5.74, 6) is 0.494. The Morgan fingerprint density at radius 3 is 2.53 bits per heavy atom. The Kier molecular flexibility index (Phi) is 5.75. The molecule has 1 amide bonds. The molecule has 0 spiro atoms. The van der Waals surface area contributed by atoms with Crippen LogP contribution >= 0.6 is 0 Å². The Hall–Kier alpha value is -1.63. The number of rotatable bonds is 7. The van der Waals surface area contributed by atoms with E-state index in [4.69, 9.17) is 9.84 Å². The van der Waals surface area contributed by atoms with E-state index in [0.29, 0.717) is 5.69 Å². The molecule has 0 aliphatic carbocycles. The second-order valence-corrected chi connectivity index (χ2v) is 4.54. The van der Waals surface area contributed by atoms with Gasteiger partial charge in [-0.25, -0.2) is 0 Å². The topological polar surface area (TPSA) is 90.8 Å². The molecule has 0 aliphatic rings. The number of aliphatic hydroxyl groups excluding tert-OH is 1. The second-order valence-electron chi connectivity index (χ2n) is 4.54. The third kappa shape index (κ3) is 5.69. The average molecular weight is 268 g/mol. The van der Waals surface area contributed by atoms with E-state index in [-0.39, 0.29) is 25.6 Å². The molecule has 0 radical (unpaired) electrons. The molecule has 106 valence electrons. The number of hydrogen-bond acceptors (Lipinski definition) is 5. The first-order chi connectivity index (χ1) is 8.96. The number of amides is 1. The number of benzene rings is 1. The Bertz CT molecular complexity index is 404. The van der Waals surface area contributed by atoms with E-state index in [2.05, 4.69) is 10.6 Å². The van der Waals surface area contributed by atoms with Crippen LogP contribution in [0, 0.1) is 0 Å². The molecule has 1 rings (SSSR count). The van der Waals surface area contributed by atoms with Crippen LogP contribution in [0.4, 0.5) is 5.69 Å². The summed E-state index contributed by atoms with van der Waals surface area (Å²) in [6.45, 7) is 1.32. The van der Waals surface area contributed by atoms with Crippen LogP contribution < -0.4 is 15.4 Å². The van der Waals surface area contributed by atoms with Gasteiger partial charge in [-0.05, 0) is 31.2 Å². The highest BCUT2D eigenvalue weighted by Gasteiger charge is 2.18. The standard InChI is InChI=1S/C13H20N2O4/c1-13(18,9-16)8-14-7-12(17)15-10-3-5-11(19-2)6-4-10/h3-6,14,16,18H,7-9H2,1-2H3,(H,15,17). The Morgan fingerprint density at radius 1 is 1.37 bits per heavy atom. The van der Waals surface area contributed by atoms with E-state index in [1.54, 1.807) is 31.4 Å². The molecule has 0 heterocycles. The van der Waals surface area contributed by atoms with Gasteiger partial charge < -0.3 is 25.6 Å². The monoisotopic (exact) mass is 268 g/mol. The zero-order valence-corrected chi connectivity index (χ0v) is 11.1. The van der Waals surface area contributed by atoms with Crippen molar-refractivity contribution in [3.8, 4) is 5.75 Å². The highest BCUT2D eigenvalue weighted by molar-refractivity contribution is 5.92. The number of methoxy groups -OCH3 is 1. The van der Waals surface area contributed by atoms with Crippen LogP contribution in [0.2, 0.25) is 0 Å². The van der Waals surface area contributed by atoms with E-state index < -0.39 is 5.60 Å². The summed E-state index contributed by atoms with van der Waals surface area (Å²) in [4.78, 5) is 11.6. The van der Waals surface area contributed by atoms with Gasteiger partial charge in [-0.15, -0.1) is 0 Å². The molecular formula is C13H20N2O4. The van der Waals surface area contributed by atoms with E-state index in [0.717, 1.165) is 5.75 Å². The van der Waals surface area contributed by atoms with Gasteiger partial charge in [-0.2, -0.15) is 0 Å². The van der Waals surface area contributed by atoms with Crippen LogP contribution in [-0.2, 0) is 4.79 Å².